The number of nitrogens with one attached hydrogen (secondary N) is 2. The second kappa shape index (κ2) is 8.16. The van der Waals surface area contributed by atoms with Crippen LogP contribution in [0.1, 0.15) is 18.1 Å². The lowest BCUT2D eigenvalue weighted by Crippen LogP contribution is -2.38. The molecule has 3 rings (SSSR count). The topological polar surface area (TPSA) is 72.1 Å². The molecule has 0 spiro atoms. The van der Waals surface area contributed by atoms with Crippen LogP contribution in [0.15, 0.2) is 29.5 Å². The van der Waals surface area contributed by atoms with Crippen molar-refractivity contribution in [2.45, 2.75) is 32.5 Å². The largest absolute Gasteiger partial charge is 0.355 e. The summed E-state index contributed by atoms with van der Waals surface area (Å²) in [7, 11) is 1.78. The predicted octanol–water partition coefficient (Wildman–Crippen LogP) is 1.01. The minimum atomic E-state index is 0. The van der Waals surface area contributed by atoms with Crippen LogP contribution in [0.3, 0.4) is 0 Å². The molecule has 120 valence electrons. The first-order valence-electron chi connectivity index (χ1n) is 7.33. The van der Waals surface area contributed by atoms with E-state index in [0.29, 0.717) is 6.54 Å². The molecule has 0 aromatic carbocycles. The van der Waals surface area contributed by atoms with Gasteiger partial charge in [0.2, 0.25) is 0 Å². The molecule has 2 N–H and O–H groups in total. The zero-order chi connectivity index (χ0) is 14.5. The van der Waals surface area contributed by atoms with Crippen LogP contribution in [0.25, 0.3) is 0 Å². The highest BCUT2D eigenvalue weighted by Gasteiger charge is 2.16. The maximum absolute atomic E-state index is 4.23. The van der Waals surface area contributed by atoms with E-state index in [9.17, 15) is 0 Å². The summed E-state index contributed by atoms with van der Waals surface area (Å²) in [5.74, 6) is 2.87. The molecule has 0 saturated carbocycles. The summed E-state index contributed by atoms with van der Waals surface area (Å²) < 4.78 is 4.33. The van der Waals surface area contributed by atoms with E-state index >= 15 is 0 Å². The van der Waals surface area contributed by atoms with Crippen LogP contribution < -0.4 is 10.6 Å². The van der Waals surface area contributed by atoms with Gasteiger partial charge in [0.1, 0.15) is 5.82 Å². The Balaban J connectivity index is 0.00000176. The van der Waals surface area contributed by atoms with Gasteiger partial charge < -0.3 is 19.8 Å². The average molecular weight is 415 g/mol. The maximum Gasteiger partial charge on any atom is 0.191 e. The summed E-state index contributed by atoms with van der Waals surface area (Å²) >= 11 is 0. The van der Waals surface area contributed by atoms with Gasteiger partial charge in [0.15, 0.2) is 11.8 Å². The van der Waals surface area contributed by atoms with E-state index < -0.39 is 0 Å². The van der Waals surface area contributed by atoms with E-state index in [-0.39, 0.29) is 24.0 Å². The van der Waals surface area contributed by atoms with E-state index in [1.165, 1.54) is 6.42 Å². The molecule has 0 fully saturated rings. The monoisotopic (exact) mass is 415 g/mol. The van der Waals surface area contributed by atoms with Crippen molar-refractivity contribution in [1.82, 2.24) is 30.0 Å². The third kappa shape index (κ3) is 3.99. The smallest absolute Gasteiger partial charge is 0.191 e. The number of nitrogens with zero attached hydrogens (tertiary/aromatic N) is 5. The zero-order valence-electron chi connectivity index (χ0n) is 12.7. The molecule has 0 bridgehead atoms. The Morgan fingerprint density at radius 1 is 1.27 bits per heavy atom. The number of hydrogen-bond donors (Lipinski definition) is 2. The van der Waals surface area contributed by atoms with E-state index in [0.717, 1.165) is 43.7 Å². The third-order valence-corrected chi connectivity index (χ3v) is 3.65. The number of hydrogen-bond acceptors (Lipinski definition) is 3. The maximum atomic E-state index is 4.23. The first-order valence-corrected chi connectivity index (χ1v) is 7.33. The van der Waals surface area contributed by atoms with Gasteiger partial charge in [-0.15, -0.1) is 34.2 Å². The number of aliphatic imine (C=N–C) groups is 1. The SMILES string of the molecule is CN=C(NCCn1cccc1)NCc1nnc2n1CCC2.I. The molecule has 7 nitrogen and oxygen atoms in total. The van der Waals surface area contributed by atoms with E-state index in [4.69, 9.17) is 0 Å². The Kier molecular flexibility index (Phi) is 6.22. The first-order chi connectivity index (χ1) is 10.4. The Labute approximate surface area is 147 Å². The summed E-state index contributed by atoms with van der Waals surface area (Å²) in [5.41, 5.74) is 0. The van der Waals surface area contributed by atoms with Gasteiger partial charge in [0, 0.05) is 45.5 Å². The number of aromatic nitrogens is 4. The molecule has 2 aromatic rings. The minimum Gasteiger partial charge on any atom is -0.355 e. The van der Waals surface area contributed by atoms with Crippen molar-refractivity contribution in [2.24, 2.45) is 4.99 Å². The second-order valence-electron chi connectivity index (χ2n) is 5.06. The molecule has 3 heterocycles. The fraction of sp³-hybridized carbons (Fsp3) is 0.500. The Morgan fingerprint density at radius 2 is 2.09 bits per heavy atom. The molecular weight excluding hydrogens is 393 g/mol. The number of aryl methyl sites for hydroxylation is 1. The van der Waals surface area contributed by atoms with Gasteiger partial charge in [-0.05, 0) is 18.6 Å². The van der Waals surface area contributed by atoms with Gasteiger partial charge in [-0.3, -0.25) is 4.99 Å². The lowest BCUT2D eigenvalue weighted by atomic mass is 10.4. The molecule has 1 aliphatic rings. The Hall–Kier alpha value is -1.58. The van der Waals surface area contributed by atoms with Gasteiger partial charge >= 0.3 is 0 Å². The summed E-state index contributed by atoms with van der Waals surface area (Å²) in [6.07, 6.45) is 6.31. The molecule has 0 unspecified atom stereocenters. The van der Waals surface area contributed by atoms with Crippen LogP contribution in [0.2, 0.25) is 0 Å². The highest BCUT2D eigenvalue weighted by molar-refractivity contribution is 14.0. The van der Waals surface area contributed by atoms with Crippen molar-refractivity contribution in [3.63, 3.8) is 0 Å². The fourth-order valence-electron chi connectivity index (χ4n) is 2.55. The Bertz CT molecular complexity index is 603. The summed E-state index contributed by atoms with van der Waals surface area (Å²) in [6.45, 7) is 3.41. The normalized spacial score (nSPS) is 13.6. The summed E-state index contributed by atoms with van der Waals surface area (Å²) in [6, 6.07) is 4.05. The van der Waals surface area contributed by atoms with Crippen molar-refractivity contribution < 1.29 is 0 Å². The van der Waals surface area contributed by atoms with Crippen molar-refractivity contribution in [2.75, 3.05) is 13.6 Å². The minimum absolute atomic E-state index is 0. The van der Waals surface area contributed by atoms with Crippen molar-refractivity contribution in [3.05, 3.63) is 36.2 Å². The first kappa shape index (κ1) is 16.8. The number of fused-ring (bicyclic) bond motifs is 1. The van der Waals surface area contributed by atoms with Crippen molar-refractivity contribution in [3.8, 4) is 0 Å². The van der Waals surface area contributed by atoms with Gasteiger partial charge in [0.05, 0.1) is 6.54 Å². The number of halogens is 1. The highest BCUT2D eigenvalue weighted by Crippen LogP contribution is 2.13. The van der Waals surface area contributed by atoms with Crippen LogP contribution in [0.4, 0.5) is 0 Å². The standard InChI is InChI=1S/C14H21N7.HI/c1-15-14(16-6-10-20-7-2-3-8-20)17-11-13-19-18-12-5-4-9-21(12)13;/h2-3,7-8H,4-6,9-11H2,1H3,(H2,15,16,17);1H. The molecule has 8 heteroatoms. The lowest BCUT2D eigenvalue weighted by Gasteiger charge is -2.12. The molecule has 0 radical (unpaired) electrons. The highest BCUT2D eigenvalue weighted by atomic mass is 127. The van der Waals surface area contributed by atoms with Crippen molar-refractivity contribution in [1.29, 1.82) is 0 Å². The quantitative estimate of drug-likeness (QED) is 0.435. The number of rotatable bonds is 5. The van der Waals surface area contributed by atoms with Gasteiger partial charge in [-0.25, -0.2) is 0 Å². The van der Waals surface area contributed by atoms with Crippen LogP contribution in [0, 0.1) is 0 Å². The molecule has 0 amide bonds. The average Bonchev–Trinajstić information content (AvgIpc) is 3.20. The molecule has 0 aliphatic carbocycles. The van der Waals surface area contributed by atoms with E-state index in [1.54, 1.807) is 7.05 Å². The van der Waals surface area contributed by atoms with Crippen LogP contribution >= 0.6 is 24.0 Å². The Morgan fingerprint density at radius 3 is 2.86 bits per heavy atom. The molecular formula is C14H22IN7. The van der Waals surface area contributed by atoms with Crippen molar-refractivity contribution >= 4 is 29.9 Å². The summed E-state index contributed by atoms with van der Waals surface area (Å²) in [5, 5.41) is 15.0. The lowest BCUT2D eigenvalue weighted by molar-refractivity contribution is 0.645. The third-order valence-electron chi connectivity index (χ3n) is 3.65. The zero-order valence-corrected chi connectivity index (χ0v) is 15.0. The van der Waals surface area contributed by atoms with Gasteiger partial charge in [-0.2, -0.15) is 0 Å². The van der Waals surface area contributed by atoms with E-state index in [1.807, 2.05) is 12.1 Å². The molecule has 0 atom stereocenters. The van der Waals surface area contributed by atoms with Crippen LogP contribution in [0.5, 0.6) is 0 Å². The molecule has 2 aromatic heterocycles. The van der Waals surface area contributed by atoms with Crippen LogP contribution in [-0.2, 0) is 26.1 Å². The molecule has 22 heavy (non-hydrogen) atoms. The molecule has 0 saturated heterocycles. The molecule has 1 aliphatic heterocycles. The predicted molar refractivity (Wildman–Crippen MR) is 96.4 cm³/mol. The van der Waals surface area contributed by atoms with Gasteiger partial charge in [0.25, 0.3) is 0 Å². The van der Waals surface area contributed by atoms with E-state index in [2.05, 4.69) is 47.4 Å². The van der Waals surface area contributed by atoms with Crippen LogP contribution in [-0.4, -0.2) is 38.9 Å². The van der Waals surface area contributed by atoms with Gasteiger partial charge in [-0.1, -0.05) is 0 Å². The fourth-order valence-corrected chi connectivity index (χ4v) is 2.55. The second-order valence-corrected chi connectivity index (χ2v) is 5.06. The number of guanidine groups is 1. The summed E-state index contributed by atoms with van der Waals surface area (Å²) in [4.78, 5) is 4.23.